The molecule has 0 aliphatic carbocycles. The molecule has 20 heavy (non-hydrogen) atoms. The van der Waals surface area contributed by atoms with Crippen LogP contribution in [0, 0.1) is 5.92 Å². The standard InChI is InChI=1S/C15H21NO4/c1-11(2)9-10-20-13-5-3-12(4-6-13)16-14(17)7-8-15(18)19/h3-6,11H,7-10H2,1-2H3,(H,16,17)(H,18,19). The molecule has 5 heteroatoms. The molecule has 2 N–H and O–H groups in total. The zero-order valence-electron chi connectivity index (χ0n) is 11.9. The third-order valence-electron chi connectivity index (χ3n) is 2.67. The Balaban J connectivity index is 2.38. The lowest BCUT2D eigenvalue weighted by Crippen LogP contribution is -2.13. The molecule has 0 atom stereocenters. The Morgan fingerprint density at radius 1 is 1.20 bits per heavy atom. The number of rotatable bonds is 8. The van der Waals surface area contributed by atoms with Gasteiger partial charge in [-0.25, -0.2) is 0 Å². The number of aliphatic carboxylic acids is 1. The second kappa shape index (κ2) is 8.19. The largest absolute Gasteiger partial charge is 0.494 e. The number of benzene rings is 1. The first kappa shape index (κ1) is 16.0. The van der Waals surface area contributed by atoms with E-state index in [1.54, 1.807) is 24.3 Å². The maximum Gasteiger partial charge on any atom is 0.303 e. The summed E-state index contributed by atoms with van der Waals surface area (Å²) in [6, 6.07) is 7.05. The van der Waals surface area contributed by atoms with Crippen LogP contribution in [0.1, 0.15) is 33.1 Å². The molecule has 5 nitrogen and oxygen atoms in total. The van der Waals surface area contributed by atoms with Gasteiger partial charge in [0.15, 0.2) is 0 Å². The lowest BCUT2D eigenvalue weighted by molar-refractivity contribution is -0.138. The van der Waals surface area contributed by atoms with E-state index in [0.29, 0.717) is 18.2 Å². The van der Waals surface area contributed by atoms with E-state index >= 15 is 0 Å². The number of anilines is 1. The molecule has 0 bridgehead atoms. The van der Waals surface area contributed by atoms with Gasteiger partial charge in [-0.2, -0.15) is 0 Å². The Morgan fingerprint density at radius 2 is 1.85 bits per heavy atom. The fourth-order valence-corrected chi connectivity index (χ4v) is 1.49. The van der Waals surface area contributed by atoms with Crippen LogP contribution in [0.25, 0.3) is 0 Å². The highest BCUT2D eigenvalue weighted by Gasteiger charge is 2.05. The molecule has 0 saturated heterocycles. The molecule has 1 aromatic rings. The quantitative estimate of drug-likeness (QED) is 0.767. The number of carboxylic acid groups (broad SMARTS) is 1. The summed E-state index contributed by atoms with van der Waals surface area (Å²) in [6.45, 7) is 4.94. The molecule has 0 saturated carbocycles. The van der Waals surface area contributed by atoms with Crippen molar-refractivity contribution < 1.29 is 19.4 Å². The summed E-state index contributed by atoms with van der Waals surface area (Å²) in [5, 5.41) is 11.1. The van der Waals surface area contributed by atoms with E-state index < -0.39 is 5.97 Å². The van der Waals surface area contributed by atoms with Crippen LogP contribution in [0.5, 0.6) is 5.75 Å². The first-order valence-corrected chi connectivity index (χ1v) is 6.72. The SMILES string of the molecule is CC(C)CCOc1ccc(NC(=O)CCC(=O)O)cc1. The first-order valence-electron chi connectivity index (χ1n) is 6.72. The van der Waals surface area contributed by atoms with E-state index in [1.807, 2.05) is 0 Å². The van der Waals surface area contributed by atoms with Gasteiger partial charge in [-0.1, -0.05) is 13.8 Å². The van der Waals surface area contributed by atoms with Gasteiger partial charge in [0.1, 0.15) is 5.75 Å². The van der Waals surface area contributed by atoms with Crippen LogP contribution < -0.4 is 10.1 Å². The molecule has 1 amide bonds. The minimum absolute atomic E-state index is 0.0258. The molecule has 0 heterocycles. The zero-order valence-corrected chi connectivity index (χ0v) is 11.9. The second-order valence-electron chi connectivity index (χ2n) is 5.00. The van der Waals surface area contributed by atoms with Crippen molar-refractivity contribution in [2.75, 3.05) is 11.9 Å². The number of nitrogens with one attached hydrogen (secondary N) is 1. The monoisotopic (exact) mass is 279 g/mol. The molecular formula is C15H21NO4. The number of hydrogen-bond donors (Lipinski definition) is 2. The summed E-state index contributed by atoms with van der Waals surface area (Å²) in [6.07, 6.45) is 0.803. The predicted octanol–water partition coefficient (Wildman–Crippen LogP) is 2.91. The molecular weight excluding hydrogens is 258 g/mol. The zero-order chi connectivity index (χ0) is 15.0. The Bertz CT molecular complexity index is 440. The van der Waals surface area contributed by atoms with E-state index in [1.165, 1.54) is 0 Å². The van der Waals surface area contributed by atoms with Crippen molar-refractivity contribution in [2.45, 2.75) is 33.1 Å². The molecule has 0 radical (unpaired) electrons. The normalized spacial score (nSPS) is 10.3. The van der Waals surface area contributed by atoms with Crippen LogP contribution in [0.2, 0.25) is 0 Å². The van der Waals surface area contributed by atoms with E-state index in [0.717, 1.165) is 12.2 Å². The average molecular weight is 279 g/mol. The van der Waals surface area contributed by atoms with Crippen molar-refractivity contribution in [3.8, 4) is 5.75 Å². The fourth-order valence-electron chi connectivity index (χ4n) is 1.49. The van der Waals surface area contributed by atoms with Gasteiger partial charge in [0.2, 0.25) is 5.91 Å². The number of amides is 1. The average Bonchev–Trinajstić information content (AvgIpc) is 2.38. The molecule has 1 rings (SSSR count). The van der Waals surface area contributed by atoms with E-state index in [-0.39, 0.29) is 18.7 Å². The third-order valence-corrected chi connectivity index (χ3v) is 2.67. The topological polar surface area (TPSA) is 75.6 Å². The fraction of sp³-hybridized carbons (Fsp3) is 0.467. The minimum atomic E-state index is -0.978. The van der Waals surface area contributed by atoms with Crippen molar-refractivity contribution in [3.05, 3.63) is 24.3 Å². The Kier molecular flexibility index (Phi) is 6.56. The molecule has 0 aromatic heterocycles. The Labute approximate surface area is 118 Å². The van der Waals surface area contributed by atoms with Crippen LogP contribution >= 0.6 is 0 Å². The lowest BCUT2D eigenvalue weighted by atomic mass is 10.1. The van der Waals surface area contributed by atoms with Gasteiger partial charge in [0, 0.05) is 12.1 Å². The van der Waals surface area contributed by atoms with Gasteiger partial charge in [-0.05, 0) is 36.6 Å². The highest BCUT2D eigenvalue weighted by atomic mass is 16.5. The van der Waals surface area contributed by atoms with Crippen LogP contribution in [0.4, 0.5) is 5.69 Å². The van der Waals surface area contributed by atoms with Gasteiger partial charge < -0.3 is 15.2 Å². The highest BCUT2D eigenvalue weighted by molar-refractivity contribution is 5.92. The predicted molar refractivity (Wildman–Crippen MR) is 76.9 cm³/mol. The van der Waals surface area contributed by atoms with Gasteiger partial charge in [-0.15, -0.1) is 0 Å². The number of hydrogen-bond acceptors (Lipinski definition) is 3. The van der Waals surface area contributed by atoms with Crippen LogP contribution in [0.3, 0.4) is 0 Å². The molecule has 0 fully saturated rings. The smallest absolute Gasteiger partial charge is 0.303 e. The summed E-state index contributed by atoms with van der Waals surface area (Å²) in [5.41, 5.74) is 0.636. The minimum Gasteiger partial charge on any atom is -0.494 e. The second-order valence-corrected chi connectivity index (χ2v) is 5.00. The Morgan fingerprint density at radius 3 is 2.40 bits per heavy atom. The molecule has 110 valence electrons. The lowest BCUT2D eigenvalue weighted by Gasteiger charge is -2.09. The van der Waals surface area contributed by atoms with Gasteiger partial charge in [0.25, 0.3) is 0 Å². The maximum atomic E-state index is 11.4. The van der Waals surface area contributed by atoms with Crippen molar-refractivity contribution in [3.63, 3.8) is 0 Å². The van der Waals surface area contributed by atoms with Crippen LogP contribution in [-0.4, -0.2) is 23.6 Å². The summed E-state index contributed by atoms with van der Waals surface area (Å²) < 4.78 is 5.57. The molecule has 0 unspecified atom stereocenters. The van der Waals surface area contributed by atoms with Crippen LogP contribution in [-0.2, 0) is 9.59 Å². The van der Waals surface area contributed by atoms with Crippen LogP contribution in [0.15, 0.2) is 24.3 Å². The number of carboxylic acids is 1. The van der Waals surface area contributed by atoms with Crippen molar-refractivity contribution >= 4 is 17.6 Å². The third kappa shape index (κ3) is 6.78. The maximum absolute atomic E-state index is 11.4. The van der Waals surface area contributed by atoms with E-state index in [9.17, 15) is 9.59 Å². The van der Waals surface area contributed by atoms with E-state index in [4.69, 9.17) is 9.84 Å². The van der Waals surface area contributed by atoms with Crippen molar-refractivity contribution in [1.82, 2.24) is 0 Å². The van der Waals surface area contributed by atoms with Gasteiger partial charge >= 0.3 is 5.97 Å². The van der Waals surface area contributed by atoms with Crippen molar-refractivity contribution in [2.24, 2.45) is 5.92 Å². The number of carbonyl (C=O) groups excluding carboxylic acids is 1. The molecule has 0 spiro atoms. The number of ether oxygens (including phenoxy) is 1. The summed E-state index contributed by atoms with van der Waals surface area (Å²) in [7, 11) is 0. The first-order chi connectivity index (χ1) is 9.47. The summed E-state index contributed by atoms with van der Waals surface area (Å²) in [4.78, 5) is 21.8. The van der Waals surface area contributed by atoms with Gasteiger partial charge in [-0.3, -0.25) is 9.59 Å². The van der Waals surface area contributed by atoms with E-state index in [2.05, 4.69) is 19.2 Å². The van der Waals surface area contributed by atoms with Gasteiger partial charge in [0.05, 0.1) is 13.0 Å². The number of carbonyl (C=O) groups is 2. The highest BCUT2D eigenvalue weighted by Crippen LogP contribution is 2.16. The summed E-state index contributed by atoms with van der Waals surface area (Å²) >= 11 is 0. The summed E-state index contributed by atoms with van der Waals surface area (Å²) in [5.74, 6) is 0.0758. The molecule has 0 aliphatic rings. The van der Waals surface area contributed by atoms with Crippen molar-refractivity contribution in [1.29, 1.82) is 0 Å². The Hall–Kier alpha value is -2.04. The molecule has 0 aliphatic heterocycles. The molecule has 1 aromatic carbocycles.